The summed E-state index contributed by atoms with van der Waals surface area (Å²) >= 11 is 6.50. The number of hydrogen-bond acceptors (Lipinski definition) is 4. The first-order chi connectivity index (χ1) is 13.0. The predicted octanol–water partition coefficient (Wildman–Crippen LogP) is 5.51. The number of benzene rings is 2. The second-order valence-electron chi connectivity index (χ2n) is 6.95. The monoisotopic (exact) mass is 462 g/mol. The van der Waals surface area contributed by atoms with E-state index in [1.165, 1.54) is 5.56 Å². The van der Waals surface area contributed by atoms with Crippen molar-refractivity contribution < 1.29 is 9.47 Å². The van der Waals surface area contributed by atoms with Crippen molar-refractivity contribution in [2.45, 2.75) is 33.4 Å². The lowest BCUT2D eigenvalue weighted by molar-refractivity contribution is 0.269. The molecule has 0 aliphatic heterocycles. The molecule has 0 aliphatic carbocycles. The number of nitrogens with one attached hydrogen (secondary N) is 1. The number of aryl methyl sites for hydroxylation is 1. The summed E-state index contributed by atoms with van der Waals surface area (Å²) in [6.07, 6.45) is 1.11. The van der Waals surface area contributed by atoms with Gasteiger partial charge in [0.25, 0.3) is 0 Å². The van der Waals surface area contributed by atoms with Gasteiger partial charge in [-0.05, 0) is 70.7 Å². The van der Waals surface area contributed by atoms with Crippen molar-refractivity contribution in [1.29, 1.82) is 0 Å². The Balaban J connectivity index is 0.00000392. The molecule has 0 unspecified atom stereocenters. The maximum absolute atomic E-state index is 6.50. The first-order valence-corrected chi connectivity index (χ1v) is 9.86. The SMILES string of the molecule is CCOc1cc(CNCCCN(C)C)cc(Cl)c1OCc1ccc(C)cc1.Cl.Cl. The fraction of sp³-hybridized carbons (Fsp3) is 0.455. The summed E-state index contributed by atoms with van der Waals surface area (Å²) in [7, 11) is 4.17. The Kier molecular flexibility index (Phi) is 14.2. The second-order valence-corrected chi connectivity index (χ2v) is 7.35. The van der Waals surface area contributed by atoms with Crippen molar-refractivity contribution in [3.05, 3.63) is 58.1 Å². The highest BCUT2D eigenvalue weighted by molar-refractivity contribution is 6.32. The van der Waals surface area contributed by atoms with E-state index in [9.17, 15) is 0 Å². The Morgan fingerprint density at radius 2 is 1.69 bits per heavy atom. The highest BCUT2D eigenvalue weighted by Crippen LogP contribution is 2.37. The molecule has 1 N–H and O–H groups in total. The molecule has 0 radical (unpaired) electrons. The average Bonchev–Trinajstić information content (AvgIpc) is 2.62. The molecule has 4 nitrogen and oxygen atoms in total. The molecule has 164 valence electrons. The molecule has 2 rings (SSSR count). The van der Waals surface area contributed by atoms with Crippen molar-refractivity contribution in [1.82, 2.24) is 10.2 Å². The largest absolute Gasteiger partial charge is 0.490 e. The van der Waals surface area contributed by atoms with Gasteiger partial charge in [-0.3, -0.25) is 0 Å². The van der Waals surface area contributed by atoms with E-state index in [0.717, 1.165) is 37.2 Å². The number of rotatable bonds is 11. The zero-order valence-electron chi connectivity index (χ0n) is 17.7. The molecule has 0 aromatic heterocycles. The molecule has 0 saturated carbocycles. The van der Waals surface area contributed by atoms with Crippen LogP contribution in [0.25, 0.3) is 0 Å². The molecular formula is C22H33Cl3N2O2. The Morgan fingerprint density at radius 1 is 1.00 bits per heavy atom. The minimum Gasteiger partial charge on any atom is -0.490 e. The average molecular weight is 464 g/mol. The van der Waals surface area contributed by atoms with E-state index in [1.807, 2.05) is 19.1 Å². The van der Waals surface area contributed by atoms with Crippen LogP contribution in [0.3, 0.4) is 0 Å². The Morgan fingerprint density at radius 3 is 2.31 bits per heavy atom. The van der Waals surface area contributed by atoms with Gasteiger partial charge >= 0.3 is 0 Å². The van der Waals surface area contributed by atoms with Gasteiger partial charge in [-0.1, -0.05) is 41.4 Å². The van der Waals surface area contributed by atoms with E-state index >= 15 is 0 Å². The lowest BCUT2D eigenvalue weighted by Crippen LogP contribution is -2.21. The van der Waals surface area contributed by atoms with Gasteiger partial charge in [-0.2, -0.15) is 0 Å². The summed E-state index contributed by atoms with van der Waals surface area (Å²) in [6.45, 7) is 7.85. The fourth-order valence-corrected chi connectivity index (χ4v) is 3.01. The van der Waals surface area contributed by atoms with Crippen LogP contribution in [0.15, 0.2) is 36.4 Å². The van der Waals surface area contributed by atoms with Crippen LogP contribution in [-0.4, -0.2) is 38.7 Å². The lowest BCUT2D eigenvalue weighted by atomic mass is 10.1. The molecule has 0 fully saturated rings. The fourth-order valence-electron chi connectivity index (χ4n) is 2.72. The molecule has 7 heteroatoms. The first kappa shape index (κ1) is 27.8. The molecular weight excluding hydrogens is 431 g/mol. The van der Waals surface area contributed by atoms with Crippen LogP contribution >= 0.6 is 36.4 Å². The van der Waals surface area contributed by atoms with Gasteiger partial charge in [0.05, 0.1) is 11.6 Å². The molecule has 2 aromatic carbocycles. The number of ether oxygens (including phenoxy) is 2. The third kappa shape index (κ3) is 9.92. The molecule has 0 amide bonds. The molecule has 0 heterocycles. The maximum atomic E-state index is 6.50. The quantitative estimate of drug-likeness (QED) is 0.445. The van der Waals surface area contributed by atoms with Crippen LogP contribution in [0.1, 0.15) is 30.0 Å². The van der Waals surface area contributed by atoms with Gasteiger partial charge < -0.3 is 19.7 Å². The highest BCUT2D eigenvalue weighted by atomic mass is 35.5. The third-order valence-electron chi connectivity index (χ3n) is 4.16. The molecule has 29 heavy (non-hydrogen) atoms. The van der Waals surface area contributed by atoms with Gasteiger partial charge in [0.1, 0.15) is 6.61 Å². The zero-order valence-corrected chi connectivity index (χ0v) is 20.1. The van der Waals surface area contributed by atoms with Crippen LogP contribution in [-0.2, 0) is 13.2 Å². The standard InChI is InChI=1S/C22H31ClN2O2.2ClH/c1-5-26-21-14-19(15-24-11-6-12-25(3)4)13-20(23)22(21)27-16-18-9-7-17(2)8-10-18;;/h7-10,13-14,24H,5-6,11-12,15-16H2,1-4H3;2*1H. The molecule has 0 atom stereocenters. The number of nitrogens with zero attached hydrogens (tertiary/aromatic N) is 1. The van der Waals surface area contributed by atoms with Gasteiger partial charge in [-0.25, -0.2) is 0 Å². The summed E-state index contributed by atoms with van der Waals surface area (Å²) < 4.78 is 11.8. The van der Waals surface area contributed by atoms with Crippen molar-refractivity contribution >= 4 is 36.4 Å². The van der Waals surface area contributed by atoms with Crippen LogP contribution < -0.4 is 14.8 Å². The minimum atomic E-state index is 0. The lowest BCUT2D eigenvalue weighted by Gasteiger charge is -2.16. The zero-order chi connectivity index (χ0) is 19.6. The molecule has 0 spiro atoms. The highest BCUT2D eigenvalue weighted by Gasteiger charge is 2.13. The summed E-state index contributed by atoms with van der Waals surface area (Å²) in [5.74, 6) is 1.30. The van der Waals surface area contributed by atoms with Crippen molar-refractivity contribution in [3.8, 4) is 11.5 Å². The summed E-state index contributed by atoms with van der Waals surface area (Å²) in [6, 6.07) is 12.3. The second kappa shape index (κ2) is 14.8. The van der Waals surface area contributed by atoms with Gasteiger partial charge in [-0.15, -0.1) is 24.8 Å². The van der Waals surface area contributed by atoms with Crippen LogP contribution in [0, 0.1) is 6.92 Å². The predicted molar refractivity (Wildman–Crippen MR) is 128 cm³/mol. The third-order valence-corrected chi connectivity index (χ3v) is 4.44. The topological polar surface area (TPSA) is 33.7 Å². The Bertz CT molecular complexity index is 710. The first-order valence-electron chi connectivity index (χ1n) is 9.48. The van der Waals surface area contributed by atoms with Crippen molar-refractivity contribution in [2.75, 3.05) is 33.8 Å². The maximum Gasteiger partial charge on any atom is 0.180 e. The van der Waals surface area contributed by atoms with E-state index in [4.69, 9.17) is 21.1 Å². The van der Waals surface area contributed by atoms with Crippen LogP contribution in [0.4, 0.5) is 0 Å². The van der Waals surface area contributed by atoms with E-state index in [-0.39, 0.29) is 24.8 Å². The Hall–Kier alpha value is -1.17. The van der Waals surface area contributed by atoms with Crippen molar-refractivity contribution in [2.24, 2.45) is 0 Å². The molecule has 2 aromatic rings. The number of halogens is 3. The van der Waals surface area contributed by atoms with Crippen LogP contribution in [0.5, 0.6) is 11.5 Å². The molecule has 0 bridgehead atoms. The minimum absolute atomic E-state index is 0. The van der Waals surface area contributed by atoms with Crippen molar-refractivity contribution in [3.63, 3.8) is 0 Å². The normalized spacial score (nSPS) is 10.3. The van der Waals surface area contributed by atoms with Crippen LogP contribution in [0.2, 0.25) is 5.02 Å². The van der Waals surface area contributed by atoms with Gasteiger partial charge in [0.15, 0.2) is 11.5 Å². The summed E-state index contributed by atoms with van der Waals surface area (Å²) in [5.41, 5.74) is 3.43. The molecule has 0 saturated heterocycles. The summed E-state index contributed by atoms with van der Waals surface area (Å²) in [5, 5.41) is 4.04. The smallest absolute Gasteiger partial charge is 0.180 e. The number of hydrogen-bond donors (Lipinski definition) is 1. The van der Waals surface area contributed by atoms with E-state index in [1.54, 1.807) is 0 Å². The molecule has 0 aliphatic rings. The van der Waals surface area contributed by atoms with Gasteiger partial charge in [0.2, 0.25) is 0 Å². The van der Waals surface area contributed by atoms with E-state index in [0.29, 0.717) is 29.7 Å². The Labute approximate surface area is 192 Å². The summed E-state index contributed by atoms with van der Waals surface area (Å²) in [4.78, 5) is 2.19. The van der Waals surface area contributed by atoms with E-state index < -0.39 is 0 Å². The van der Waals surface area contributed by atoms with Gasteiger partial charge in [0, 0.05) is 6.54 Å². The van der Waals surface area contributed by atoms with E-state index in [2.05, 4.69) is 55.5 Å².